The number of hydrogen-bond donors (Lipinski definition) is 0. The second-order valence-corrected chi connectivity index (χ2v) is 11.7. The number of aryl methyl sites for hydroxylation is 2. The molecule has 51 heavy (non-hydrogen) atoms. The minimum atomic E-state index is -0.883. The van der Waals surface area contributed by atoms with Gasteiger partial charge in [-0.25, -0.2) is 24.0 Å². The molecule has 13 heteroatoms. The van der Waals surface area contributed by atoms with Crippen LogP contribution in [-0.2, 0) is 38.0 Å². The molecule has 1 saturated carbocycles. The fraction of sp³-hybridized carbons (Fsp3) is 0.447. The molecule has 0 amide bonds. The van der Waals surface area contributed by atoms with Gasteiger partial charge in [-0.2, -0.15) is 0 Å². The zero-order valence-electron chi connectivity index (χ0n) is 29.2. The first-order chi connectivity index (χ1) is 24.6. The summed E-state index contributed by atoms with van der Waals surface area (Å²) in [4.78, 5) is 59.8. The summed E-state index contributed by atoms with van der Waals surface area (Å²) in [6, 6.07) is 9.63. The predicted molar refractivity (Wildman–Crippen MR) is 183 cm³/mol. The molecule has 3 rings (SSSR count). The van der Waals surface area contributed by atoms with Gasteiger partial charge in [0.25, 0.3) is 0 Å². The molecule has 0 bridgehead atoms. The van der Waals surface area contributed by atoms with Crippen molar-refractivity contribution in [1.82, 2.24) is 0 Å². The minimum absolute atomic E-state index is 0.0436. The highest BCUT2D eigenvalue weighted by molar-refractivity contribution is 5.90. The van der Waals surface area contributed by atoms with Gasteiger partial charge in [-0.1, -0.05) is 13.2 Å². The first-order valence-electron chi connectivity index (χ1n) is 16.9. The van der Waals surface area contributed by atoms with Gasteiger partial charge in [0.2, 0.25) is 0 Å². The van der Waals surface area contributed by atoms with Gasteiger partial charge in [-0.15, -0.1) is 0 Å². The van der Waals surface area contributed by atoms with Crippen molar-refractivity contribution in [2.24, 2.45) is 0 Å². The maximum absolute atomic E-state index is 12.8. The van der Waals surface area contributed by atoms with Crippen molar-refractivity contribution in [3.8, 4) is 11.5 Å². The number of esters is 4. The number of unbranched alkanes of at least 4 members (excludes halogenated alkanes) is 2. The molecule has 0 unspecified atom stereocenters. The number of benzene rings is 2. The van der Waals surface area contributed by atoms with Gasteiger partial charge < -0.3 is 37.9 Å². The Labute approximate surface area is 297 Å². The van der Waals surface area contributed by atoms with E-state index in [9.17, 15) is 24.0 Å². The molecular formula is C38H46O13. The standard InChI is InChI=1S/C38H46O13/c1-5-34(39)45-20-8-7-19-44-25-48-32-17-11-28(23-26(32)3)36(41)49-30-13-15-31(16-14-30)50-37(42)29-12-18-33(27(4)24-29)51-38(43)47-22-10-9-21-46-35(40)6-2/h5-6,11-12,17-18,23-24,30-31H,1-2,7-10,13-16,19-22,25H2,3-4H3. The topological polar surface area (TPSA) is 159 Å². The van der Waals surface area contributed by atoms with Crippen LogP contribution in [0.25, 0.3) is 0 Å². The van der Waals surface area contributed by atoms with Crippen molar-refractivity contribution in [3.05, 3.63) is 84.0 Å². The average Bonchev–Trinajstić information content (AvgIpc) is 3.12. The Hall–Kier alpha value is -5.17. The van der Waals surface area contributed by atoms with E-state index in [0.717, 1.165) is 17.7 Å². The summed E-state index contributed by atoms with van der Waals surface area (Å²) in [7, 11) is 0. The van der Waals surface area contributed by atoms with E-state index in [1.807, 2.05) is 6.92 Å². The smallest absolute Gasteiger partial charge is 0.467 e. The van der Waals surface area contributed by atoms with Crippen molar-refractivity contribution in [2.75, 3.05) is 33.2 Å². The Balaban J connectivity index is 1.33. The molecule has 1 aliphatic carbocycles. The van der Waals surface area contributed by atoms with Crippen molar-refractivity contribution in [3.63, 3.8) is 0 Å². The molecule has 13 nitrogen and oxygen atoms in total. The molecule has 0 radical (unpaired) electrons. The van der Waals surface area contributed by atoms with E-state index in [1.54, 1.807) is 31.2 Å². The van der Waals surface area contributed by atoms with Crippen molar-refractivity contribution < 1.29 is 61.9 Å². The summed E-state index contributed by atoms with van der Waals surface area (Å²) in [5, 5.41) is 0. The van der Waals surface area contributed by atoms with Gasteiger partial charge in [-0.3, -0.25) is 0 Å². The van der Waals surface area contributed by atoms with Crippen LogP contribution in [0.5, 0.6) is 11.5 Å². The zero-order chi connectivity index (χ0) is 37.0. The van der Waals surface area contributed by atoms with Crippen LogP contribution in [0.2, 0.25) is 0 Å². The molecular weight excluding hydrogens is 664 g/mol. The van der Waals surface area contributed by atoms with Gasteiger partial charge in [0.15, 0.2) is 6.79 Å². The molecule has 0 heterocycles. The first-order valence-corrected chi connectivity index (χ1v) is 16.9. The van der Waals surface area contributed by atoms with Gasteiger partial charge >= 0.3 is 30.0 Å². The Kier molecular flexibility index (Phi) is 17.2. The predicted octanol–water partition coefficient (Wildman–Crippen LogP) is 6.52. The molecule has 0 aliphatic heterocycles. The van der Waals surface area contributed by atoms with Crippen LogP contribution in [0, 0.1) is 13.8 Å². The molecule has 0 aromatic heterocycles. The van der Waals surface area contributed by atoms with Crippen molar-refractivity contribution >= 4 is 30.0 Å². The van der Waals surface area contributed by atoms with Gasteiger partial charge in [0.05, 0.1) is 37.6 Å². The summed E-state index contributed by atoms with van der Waals surface area (Å²) in [6.45, 7) is 11.3. The Morgan fingerprint density at radius 3 is 1.57 bits per heavy atom. The van der Waals surface area contributed by atoms with Crippen LogP contribution in [0.1, 0.15) is 83.2 Å². The van der Waals surface area contributed by atoms with Crippen LogP contribution in [-0.4, -0.2) is 75.5 Å². The highest BCUT2D eigenvalue weighted by Crippen LogP contribution is 2.27. The quantitative estimate of drug-likeness (QED) is 0.0366. The lowest BCUT2D eigenvalue weighted by atomic mass is 9.94. The molecule has 2 aromatic rings. The third kappa shape index (κ3) is 14.7. The Morgan fingerprint density at radius 1 is 0.647 bits per heavy atom. The zero-order valence-corrected chi connectivity index (χ0v) is 29.2. The molecule has 1 fully saturated rings. The van der Waals surface area contributed by atoms with Crippen molar-refractivity contribution in [2.45, 2.75) is 77.4 Å². The molecule has 0 N–H and O–H groups in total. The highest BCUT2D eigenvalue weighted by Gasteiger charge is 2.27. The van der Waals surface area contributed by atoms with E-state index in [0.29, 0.717) is 87.0 Å². The summed E-state index contributed by atoms with van der Waals surface area (Å²) in [6.07, 6.45) is 5.23. The van der Waals surface area contributed by atoms with E-state index in [4.69, 9.17) is 37.9 Å². The van der Waals surface area contributed by atoms with Crippen LogP contribution in [0.15, 0.2) is 61.7 Å². The third-order valence-electron chi connectivity index (χ3n) is 7.74. The van der Waals surface area contributed by atoms with E-state index in [2.05, 4.69) is 13.2 Å². The van der Waals surface area contributed by atoms with Crippen LogP contribution >= 0.6 is 0 Å². The lowest BCUT2D eigenvalue weighted by Crippen LogP contribution is -2.29. The molecule has 0 spiro atoms. The van der Waals surface area contributed by atoms with E-state index in [-0.39, 0.29) is 38.0 Å². The number of rotatable bonds is 20. The second-order valence-electron chi connectivity index (χ2n) is 11.7. The second kappa shape index (κ2) is 21.8. The van der Waals surface area contributed by atoms with Gasteiger partial charge in [0, 0.05) is 12.2 Å². The molecule has 0 atom stereocenters. The summed E-state index contributed by atoms with van der Waals surface area (Å²) in [5.41, 5.74) is 2.03. The van der Waals surface area contributed by atoms with Gasteiger partial charge in [-0.05, 0) is 113 Å². The maximum atomic E-state index is 12.8. The molecule has 0 saturated heterocycles. The number of carbonyl (C=O) groups excluding carboxylic acids is 5. The number of hydrogen-bond acceptors (Lipinski definition) is 13. The SMILES string of the molecule is C=CC(=O)OCCCCOCOc1ccc(C(=O)OC2CCC(OC(=O)c3ccc(OC(=O)OCCCCOC(=O)C=C)c(C)c3)CC2)cc1C. The fourth-order valence-electron chi connectivity index (χ4n) is 4.95. The molecule has 1 aliphatic rings. The lowest BCUT2D eigenvalue weighted by molar-refractivity contribution is -0.138. The van der Waals surface area contributed by atoms with Crippen LogP contribution < -0.4 is 9.47 Å². The monoisotopic (exact) mass is 710 g/mol. The van der Waals surface area contributed by atoms with Gasteiger partial charge in [0.1, 0.15) is 23.7 Å². The van der Waals surface area contributed by atoms with Crippen LogP contribution in [0.4, 0.5) is 4.79 Å². The highest BCUT2D eigenvalue weighted by atomic mass is 16.7. The lowest BCUT2D eigenvalue weighted by Gasteiger charge is -2.28. The third-order valence-corrected chi connectivity index (χ3v) is 7.74. The number of ether oxygens (including phenoxy) is 8. The largest absolute Gasteiger partial charge is 0.513 e. The summed E-state index contributed by atoms with van der Waals surface area (Å²) >= 11 is 0. The Morgan fingerprint density at radius 2 is 1.10 bits per heavy atom. The summed E-state index contributed by atoms with van der Waals surface area (Å²) in [5.74, 6) is -1.06. The normalized spacial score (nSPS) is 15.1. The summed E-state index contributed by atoms with van der Waals surface area (Å²) < 4.78 is 42.6. The maximum Gasteiger partial charge on any atom is 0.513 e. The molecule has 2 aromatic carbocycles. The fourth-order valence-corrected chi connectivity index (χ4v) is 4.95. The minimum Gasteiger partial charge on any atom is -0.467 e. The average molecular weight is 711 g/mol. The molecule has 276 valence electrons. The van der Waals surface area contributed by atoms with E-state index < -0.39 is 30.0 Å². The number of carbonyl (C=O) groups is 5. The first kappa shape index (κ1) is 40.3. The van der Waals surface area contributed by atoms with E-state index >= 15 is 0 Å². The van der Waals surface area contributed by atoms with E-state index in [1.165, 1.54) is 12.1 Å². The van der Waals surface area contributed by atoms with Crippen LogP contribution in [0.3, 0.4) is 0 Å². The van der Waals surface area contributed by atoms with Crippen molar-refractivity contribution in [1.29, 1.82) is 0 Å². The Bertz CT molecular complexity index is 1510.